The molecule has 0 spiro atoms. The maximum Gasteiger partial charge on any atom is 0.256 e. The van der Waals surface area contributed by atoms with Crippen molar-refractivity contribution in [2.45, 2.75) is 0 Å². The summed E-state index contributed by atoms with van der Waals surface area (Å²) in [4.78, 5) is 12.6. The number of anilines is 1. The van der Waals surface area contributed by atoms with Gasteiger partial charge in [0.2, 0.25) is 5.75 Å². The Balaban J connectivity index is 2.16. The van der Waals surface area contributed by atoms with Gasteiger partial charge in [-0.1, -0.05) is 0 Å². The lowest BCUT2D eigenvalue weighted by molar-refractivity contribution is -0.110. The fourth-order valence-electron chi connectivity index (χ4n) is 3.05. The normalized spacial score (nSPS) is 13.8. The lowest BCUT2D eigenvalue weighted by Crippen LogP contribution is -2.04. The zero-order valence-corrected chi connectivity index (χ0v) is 15.8. The van der Waals surface area contributed by atoms with Crippen molar-refractivity contribution in [2.75, 3.05) is 40.9 Å². The zero-order valence-electron chi connectivity index (χ0n) is 15.8. The molecule has 142 valence electrons. The zero-order chi connectivity index (χ0) is 19.6. The molecule has 0 aromatic heterocycles. The summed E-state index contributed by atoms with van der Waals surface area (Å²) < 4.78 is 26.9. The van der Waals surface area contributed by atoms with Gasteiger partial charge in [0.05, 0.1) is 41.2 Å². The number of carbonyl (C=O) groups excluding carboxylic acids is 1. The van der Waals surface area contributed by atoms with Crippen molar-refractivity contribution in [3.05, 3.63) is 35.4 Å². The van der Waals surface area contributed by atoms with E-state index in [1.807, 2.05) is 0 Å². The monoisotopic (exact) mass is 371 g/mol. The molecule has 0 atom stereocenters. The largest absolute Gasteiger partial charge is 0.493 e. The number of ether oxygens (including phenoxy) is 5. The van der Waals surface area contributed by atoms with Gasteiger partial charge >= 0.3 is 0 Å². The van der Waals surface area contributed by atoms with Gasteiger partial charge in [-0.05, 0) is 24.3 Å². The van der Waals surface area contributed by atoms with Crippen LogP contribution >= 0.6 is 0 Å². The van der Waals surface area contributed by atoms with Crippen LogP contribution in [0.4, 0.5) is 5.69 Å². The summed E-state index contributed by atoms with van der Waals surface area (Å²) in [5, 5.41) is 2.84. The maximum atomic E-state index is 12.6. The number of hydrogen-bond acceptors (Lipinski definition) is 6. The van der Waals surface area contributed by atoms with Crippen molar-refractivity contribution in [2.24, 2.45) is 0 Å². The number of nitrogens with one attached hydrogen (secondary N) is 1. The fraction of sp³-hybridized carbons (Fsp3) is 0.250. The van der Waals surface area contributed by atoms with Crippen molar-refractivity contribution >= 4 is 23.2 Å². The van der Waals surface area contributed by atoms with Crippen LogP contribution in [0.3, 0.4) is 0 Å². The first-order valence-electron chi connectivity index (χ1n) is 8.16. The van der Waals surface area contributed by atoms with Crippen molar-refractivity contribution in [3.8, 4) is 28.7 Å². The van der Waals surface area contributed by atoms with Crippen molar-refractivity contribution < 1.29 is 28.5 Å². The van der Waals surface area contributed by atoms with Gasteiger partial charge in [-0.2, -0.15) is 0 Å². The molecule has 2 aromatic carbocycles. The molecule has 0 saturated heterocycles. The lowest BCUT2D eigenvalue weighted by atomic mass is 10.0. The Morgan fingerprint density at radius 2 is 1.41 bits per heavy atom. The first kappa shape index (κ1) is 18.4. The molecule has 0 radical (unpaired) electrons. The van der Waals surface area contributed by atoms with Gasteiger partial charge in [0.15, 0.2) is 23.0 Å². The predicted octanol–water partition coefficient (Wildman–Crippen LogP) is 3.22. The number of rotatable bonds is 6. The van der Waals surface area contributed by atoms with Gasteiger partial charge in [-0.25, -0.2) is 0 Å². The Bertz CT molecular complexity index is 919. The minimum atomic E-state index is -0.225. The van der Waals surface area contributed by atoms with Crippen LogP contribution in [0.5, 0.6) is 28.7 Å². The van der Waals surface area contributed by atoms with Gasteiger partial charge in [-0.3, -0.25) is 4.79 Å². The summed E-state index contributed by atoms with van der Waals surface area (Å²) in [7, 11) is 7.72. The van der Waals surface area contributed by atoms with E-state index in [-0.39, 0.29) is 5.91 Å². The molecule has 7 nitrogen and oxygen atoms in total. The Hall–Kier alpha value is -3.35. The van der Waals surface area contributed by atoms with E-state index in [2.05, 4.69) is 5.32 Å². The van der Waals surface area contributed by atoms with E-state index in [4.69, 9.17) is 23.7 Å². The van der Waals surface area contributed by atoms with Gasteiger partial charge < -0.3 is 29.0 Å². The SMILES string of the molecule is COc1cc2c(cc1OC)/C(=C/c1ccc(OC)c(OC)c1OC)C(=O)N2. The van der Waals surface area contributed by atoms with E-state index in [1.54, 1.807) is 51.7 Å². The molecule has 1 amide bonds. The number of carbonyl (C=O) groups is 1. The third-order valence-corrected chi connectivity index (χ3v) is 4.34. The van der Waals surface area contributed by atoms with Gasteiger partial charge in [-0.15, -0.1) is 0 Å². The summed E-state index contributed by atoms with van der Waals surface area (Å²) in [6.45, 7) is 0. The van der Waals surface area contributed by atoms with E-state index < -0.39 is 0 Å². The standard InChI is InChI=1S/C20H21NO6/c1-23-15-7-6-11(18(26-4)19(15)27-5)8-13-12-9-16(24-2)17(25-3)10-14(12)21-20(13)22/h6-10H,1-5H3,(H,21,22)/b13-8-. The molecular weight excluding hydrogens is 350 g/mol. The van der Waals surface area contributed by atoms with Crippen molar-refractivity contribution in [1.29, 1.82) is 0 Å². The van der Waals surface area contributed by atoms with Crippen LogP contribution in [0.1, 0.15) is 11.1 Å². The molecule has 0 saturated carbocycles. The summed E-state index contributed by atoms with van der Waals surface area (Å²) >= 11 is 0. The average molecular weight is 371 g/mol. The van der Waals surface area contributed by atoms with Crippen LogP contribution < -0.4 is 29.0 Å². The number of benzene rings is 2. The average Bonchev–Trinajstić information content (AvgIpc) is 3.00. The highest BCUT2D eigenvalue weighted by atomic mass is 16.5. The van der Waals surface area contributed by atoms with E-state index in [9.17, 15) is 4.79 Å². The minimum Gasteiger partial charge on any atom is -0.493 e. The number of hydrogen-bond donors (Lipinski definition) is 1. The smallest absolute Gasteiger partial charge is 0.256 e. The van der Waals surface area contributed by atoms with Crippen LogP contribution in [0.2, 0.25) is 0 Å². The van der Waals surface area contributed by atoms with Gasteiger partial charge in [0, 0.05) is 22.8 Å². The van der Waals surface area contributed by atoms with E-state index in [0.29, 0.717) is 45.6 Å². The Morgan fingerprint density at radius 3 is 2.00 bits per heavy atom. The highest BCUT2D eigenvalue weighted by molar-refractivity contribution is 6.35. The second-order valence-corrected chi connectivity index (χ2v) is 5.69. The molecular formula is C20H21NO6. The molecule has 7 heteroatoms. The third-order valence-electron chi connectivity index (χ3n) is 4.34. The summed E-state index contributed by atoms with van der Waals surface area (Å²) in [5.74, 6) is 2.34. The summed E-state index contributed by atoms with van der Waals surface area (Å²) in [6, 6.07) is 7.07. The molecule has 0 fully saturated rings. The van der Waals surface area contributed by atoms with E-state index in [1.165, 1.54) is 14.2 Å². The predicted molar refractivity (Wildman–Crippen MR) is 102 cm³/mol. The Labute approximate surface area is 157 Å². The van der Waals surface area contributed by atoms with Crippen LogP contribution in [0.15, 0.2) is 24.3 Å². The number of methoxy groups -OCH3 is 5. The second-order valence-electron chi connectivity index (χ2n) is 5.69. The highest BCUT2D eigenvalue weighted by Crippen LogP contribution is 2.44. The first-order chi connectivity index (χ1) is 13.1. The van der Waals surface area contributed by atoms with Crippen molar-refractivity contribution in [1.82, 2.24) is 0 Å². The molecule has 2 aromatic rings. The lowest BCUT2D eigenvalue weighted by Gasteiger charge is -2.14. The number of fused-ring (bicyclic) bond motifs is 1. The highest BCUT2D eigenvalue weighted by Gasteiger charge is 2.27. The van der Waals surface area contributed by atoms with Crippen LogP contribution in [0, 0.1) is 0 Å². The molecule has 0 unspecified atom stereocenters. The minimum absolute atomic E-state index is 0.225. The van der Waals surface area contributed by atoms with E-state index in [0.717, 1.165) is 5.56 Å². The first-order valence-corrected chi connectivity index (χ1v) is 8.16. The van der Waals surface area contributed by atoms with E-state index >= 15 is 0 Å². The second kappa shape index (κ2) is 7.49. The van der Waals surface area contributed by atoms with Crippen LogP contribution in [-0.4, -0.2) is 41.5 Å². The van der Waals surface area contributed by atoms with Crippen LogP contribution in [0.25, 0.3) is 11.6 Å². The number of amides is 1. The molecule has 27 heavy (non-hydrogen) atoms. The summed E-state index contributed by atoms with van der Waals surface area (Å²) in [5.41, 5.74) is 2.54. The van der Waals surface area contributed by atoms with Gasteiger partial charge in [0.25, 0.3) is 5.91 Å². The summed E-state index contributed by atoms with van der Waals surface area (Å²) in [6.07, 6.45) is 1.74. The molecule has 1 heterocycles. The quantitative estimate of drug-likeness (QED) is 0.786. The Kier molecular flexibility index (Phi) is 5.12. The van der Waals surface area contributed by atoms with Crippen molar-refractivity contribution in [3.63, 3.8) is 0 Å². The molecule has 0 bridgehead atoms. The fourth-order valence-corrected chi connectivity index (χ4v) is 3.05. The molecule has 1 aliphatic rings. The Morgan fingerprint density at radius 1 is 0.778 bits per heavy atom. The van der Waals surface area contributed by atoms with Gasteiger partial charge in [0.1, 0.15) is 0 Å². The molecule has 1 aliphatic heterocycles. The topological polar surface area (TPSA) is 75.2 Å². The van der Waals surface area contributed by atoms with Crippen LogP contribution in [-0.2, 0) is 4.79 Å². The molecule has 0 aliphatic carbocycles. The molecule has 1 N–H and O–H groups in total. The maximum absolute atomic E-state index is 12.6. The third kappa shape index (κ3) is 3.12. The molecule has 3 rings (SSSR count).